The highest BCUT2D eigenvalue weighted by atomic mass is 16.4. The van der Waals surface area contributed by atoms with E-state index in [0.29, 0.717) is 0 Å². The number of nitrogens with zero attached hydrogens (tertiary/aromatic N) is 1. The van der Waals surface area contributed by atoms with E-state index in [9.17, 15) is 4.79 Å². The molecule has 3 nitrogen and oxygen atoms in total. The zero-order valence-electron chi connectivity index (χ0n) is 11.0. The Bertz CT molecular complexity index is 368. The van der Waals surface area contributed by atoms with Crippen LogP contribution >= 0.6 is 0 Å². The molecule has 0 saturated heterocycles. The van der Waals surface area contributed by atoms with Gasteiger partial charge in [-0.05, 0) is 33.3 Å². The van der Waals surface area contributed by atoms with E-state index in [1.807, 2.05) is 62.9 Å². The lowest BCUT2D eigenvalue weighted by atomic mass is 9.99. The lowest BCUT2D eigenvalue weighted by Crippen LogP contribution is -2.45. The van der Waals surface area contributed by atoms with Gasteiger partial charge in [-0.2, -0.15) is 0 Å². The summed E-state index contributed by atoms with van der Waals surface area (Å²) in [4.78, 5) is 12.9. The Morgan fingerprint density at radius 3 is 2.24 bits per heavy atom. The largest absolute Gasteiger partial charge is 0.480 e. The van der Waals surface area contributed by atoms with Crippen molar-refractivity contribution in [3.8, 4) is 0 Å². The van der Waals surface area contributed by atoms with Crippen LogP contribution in [-0.2, 0) is 4.79 Å². The monoisotopic (exact) mass is 235 g/mol. The molecule has 1 N–H and O–H groups in total. The number of carboxylic acid groups (broad SMARTS) is 1. The molecular weight excluding hydrogens is 214 g/mol. The summed E-state index contributed by atoms with van der Waals surface area (Å²) in [5.74, 6) is -0.789. The van der Waals surface area contributed by atoms with Crippen molar-refractivity contribution in [1.29, 1.82) is 0 Å². The Kier molecular flexibility index (Phi) is 4.29. The molecule has 0 spiro atoms. The van der Waals surface area contributed by atoms with Crippen molar-refractivity contribution in [3.63, 3.8) is 0 Å². The van der Waals surface area contributed by atoms with Crippen LogP contribution in [0, 0.1) is 0 Å². The molecule has 0 amide bonds. The average Bonchev–Trinajstić information content (AvgIpc) is 2.24. The van der Waals surface area contributed by atoms with Crippen LogP contribution in [0.25, 0.3) is 0 Å². The molecule has 0 aliphatic carbocycles. The van der Waals surface area contributed by atoms with Gasteiger partial charge in [0, 0.05) is 11.6 Å². The molecular formula is C14H21NO2. The van der Waals surface area contributed by atoms with E-state index in [0.717, 1.165) is 5.56 Å². The summed E-state index contributed by atoms with van der Waals surface area (Å²) in [5.41, 5.74) is 0.969. The molecule has 1 aromatic carbocycles. The fraction of sp³-hybridized carbons (Fsp3) is 0.500. The van der Waals surface area contributed by atoms with Crippen LogP contribution in [0.4, 0.5) is 0 Å². The lowest BCUT2D eigenvalue weighted by molar-refractivity contribution is -0.140. The summed E-state index contributed by atoms with van der Waals surface area (Å²) in [7, 11) is 0. The second-order valence-electron chi connectivity index (χ2n) is 5.28. The number of hydrogen-bond acceptors (Lipinski definition) is 2. The minimum atomic E-state index is -0.789. The molecule has 1 aromatic rings. The van der Waals surface area contributed by atoms with Gasteiger partial charge in [-0.3, -0.25) is 9.69 Å². The number of aliphatic carboxylic acids is 1. The number of benzene rings is 1. The first-order valence-electron chi connectivity index (χ1n) is 5.86. The fourth-order valence-corrected chi connectivity index (χ4v) is 2.01. The van der Waals surface area contributed by atoms with Crippen molar-refractivity contribution in [2.45, 2.75) is 39.3 Å². The van der Waals surface area contributed by atoms with Gasteiger partial charge in [-0.15, -0.1) is 0 Å². The highest BCUT2D eigenvalue weighted by Gasteiger charge is 2.28. The maximum Gasteiger partial charge on any atom is 0.317 e. The number of rotatable bonds is 4. The Morgan fingerprint density at radius 2 is 1.82 bits per heavy atom. The van der Waals surface area contributed by atoms with Crippen molar-refractivity contribution >= 4 is 5.97 Å². The first kappa shape index (κ1) is 13.7. The third-order valence-corrected chi connectivity index (χ3v) is 2.92. The topological polar surface area (TPSA) is 40.5 Å². The van der Waals surface area contributed by atoms with Crippen molar-refractivity contribution in [2.24, 2.45) is 0 Å². The summed E-state index contributed by atoms with van der Waals surface area (Å²) >= 11 is 0. The van der Waals surface area contributed by atoms with Gasteiger partial charge in [0.05, 0.1) is 6.54 Å². The van der Waals surface area contributed by atoms with Gasteiger partial charge in [0.1, 0.15) is 0 Å². The highest BCUT2D eigenvalue weighted by Crippen LogP contribution is 2.27. The van der Waals surface area contributed by atoms with Crippen LogP contribution in [0.3, 0.4) is 0 Å². The molecule has 1 rings (SSSR count). The van der Waals surface area contributed by atoms with E-state index in [1.165, 1.54) is 0 Å². The summed E-state index contributed by atoms with van der Waals surface area (Å²) in [6, 6.07) is 10.1. The Labute approximate surface area is 103 Å². The second kappa shape index (κ2) is 5.32. The van der Waals surface area contributed by atoms with E-state index in [-0.39, 0.29) is 18.1 Å². The SMILES string of the molecule is CC(c1ccccc1)N(CC(=O)O)C(C)(C)C. The Morgan fingerprint density at radius 1 is 1.29 bits per heavy atom. The zero-order valence-corrected chi connectivity index (χ0v) is 11.0. The van der Waals surface area contributed by atoms with Gasteiger partial charge in [0.25, 0.3) is 0 Å². The van der Waals surface area contributed by atoms with Crippen molar-refractivity contribution in [2.75, 3.05) is 6.54 Å². The summed E-state index contributed by atoms with van der Waals surface area (Å²) < 4.78 is 0. The minimum absolute atomic E-state index is 0.0551. The van der Waals surface area contributed by atoms with E-state index < -0.39 is 5.97 Å². The normalized spacial score (nSPS) is 13.7. The van der Waals surface area contributed by atoms with Gasteiger partial charge >= 0.3 is 5.97 Å². The zero-order chi connectivity index (χ0) is 13.1. The molecule has 0 heterocycles. The third kappa shape index (κ3) is 3.86. The Hall–Kier alpha value is -1.35. The molecule has 1 atom stereocenters. The van der Waals surface area contributed by atoms with Crippen molar-refractivity contribution in [1.82, 2.24) is 4.90 Å². The third-order valence-electron chi connectivity index (χ3n) is 2.92. The molecule has 0 aromatic heterocycles. The van der Waals surface area contributed by atoms with Gasteiger partial charge in [0.15, 0.2) is 0 Å². The molecule has 94 valence electrons. The number of carbonyl (C=O) groups is 1. The molecule has 17 heavy (non-hydrogen) atoms. The van der Waals surface area contributed by atoms with E-state index in [2.05, 4.69) is 0 Å². The predicted molar refractivity (Wildman–Crippen MR) is 69.0 cm³/mol. The highest BCUT2D eigenvalue weighted by molar-refractivity contribution is 5.69. The summed E-state index contributed by atoms with van der Waals surface area (Å²) in [6.07, 6.45) is 0. The van der Waals surface area contributed by atoms with Gasteiger partial charge < -0.3 is 5.11 Å². The van der Waals surface area contributed by atoms with E-state index >= 15 is 0 Å². The molecule has 0 fully saturated rings. The molecule has 3 heteroatoms. The number of carboxylic acids is 1. The molecule has 1 unspecified atom stereocenters. The maximum absolute atomic E-state index is 11.0. The average molecular weight is 235 g/mol. The molecule has 0 saturated carbocycles. The van der Waals surface area contributed by atoms with Crippen LogP contribution in [0.15, 0.2) is 30.3 Å². The second-order valence-corrected chi connectivity index (χ2v) is 5.28. The van der Waals surface area contributed by atoms with Gasteiger partial charge in [0.2, 0.25) is 0 Å². The first-order chi connectivity index (χ1) is 7.82. The van der Waals surface area contributed by atoms with Gasteiger partial charge in [-0.1, -0.05) is 30.3 Å². The molecule has 0 aliphatic heterocycles. The predicted octanol–water partition coefficient (Wildman–Crippen LogP) is 2.93. The van der Waals surface area contributed by atoms with Crippen molar-refractivity contribution < 1.29 is 9.90 Å². The molecule has 0 bridgehead atoms. The van der Waals surface area contributed by atoms with Crippen LogP contribution in [-0.4, -0.2) is 28.1 Å². The summed E-state index contributed by atoms with van der Waals surface area (Å²) in [5, 5.41) is 9.00. The van der Waals surface area contributed by atoms with Crippen LogP contribution in [0.1, 0.15) is 39.3 Å². The van der Waals surface area contributed by atoms with E-state index in [4.69, 9.17) is 5.11 Å². The van der Waals surface area contributed by atoms with Crippen LogP contribution in [0.2, 0.25) is 0 Å². The number of hydrogen-bond donors (Lipinski definition) is 1. The summed E-state index contributed by atoms with van der Waals surface area (Å²) in [6.45, 7) is 8.21. The van der Waals surface area contributed by atoms with Crippen LogP contribution in [0.5, 0.6) is 0 Å². The van der Waals surface area contributed by atoms with E-state index in [1.54, 1.807) is 0 Å². The van der Waals surface area contributed by atoms with Crippen LogP contribution < -0.4 is 0 Å². The quantitative estimate of drug-likeness (QED) is 0.872. The lowest BCUT2D eigenvalue weighted by Gasteiger charge is -2.39. The maximum atomic E-state index is 11.0. The molecule has 0 aliphatic rings. The smallest absolute Gasteiger partial charge is 0.317 e. The van der Waals surface area contributed by atoms with Gasteiger partial charge in [-0.25, -0.2) is 0 Å². The fourth-order valence-electron chi connectivity index (χ4n) is 2.01. The first-order valence-corrected chi connectivity index (χ1v) is 5.86. The standard InChI is InChI=1S/C14H21NO2/c1-11(12-8-6-5-7-9-12)15(10-13(16)17)14(2,3)4/h5-9,11H,10H2,1-4H3,(H,16,17). The minimum Gasteiger partial charge on any atom is -0.480 e. The Balaban J connectivity index is 2.95. The van der Waals surface area contributed by atoms with Crippen molar-refractivity contribution in [3.05, 3.63) is 35.9 Å². The molecule has 0 radical (unpaired) electrons.